The first-order chi connectivity index (χ1) is 13.1. The number of aromatic nitrogens is 3. The second-order valence-corrected chi connectivity index (χ2v) is 8.40. The highest BCUT2D eigenvalue weighted by Gasteiger charge is 2.30. The minimum atomic E-state index is -4.41. The van der Waals surface area contributed by atoms with Crippen molar-refractivity contribution in [2.75, 3.05) is 0 Å². The van der Waals surface area contributed by atoms with E-state index in [-0.39, 0.29) is 4.96 Å². The molecular weight excluding hydrogens is 415 g/mol. The number of alkyl halides is 3. The highest BCUT2D eigenvalue weighted by atomic mass is 32.3. The smallest absolute Gasteiger partial charge is 0.280 e. The lowest BCUT2D eigenvalue weighted by atomic mass is 10.0. The van der Waals surface area contributed by atoms with Crippen LogP contribution in [0.4, 0.5) is 13.2 Å². The Morgan fingerprint density at radius 2 is 1.68 bits per heavy atom. The zero-order chi connectivity index (χ0) is 20.1. The predicted octanol–water partition coefficient (Wildman–Crippen LogP) is 4.39. The normalized spacial score (nSPS) is 12.6. The van der Waals surface area contributed by atoms with Crippen LogP contribution in [0.1, 0.15) is 5.56 Å². The summed E-state index contributed by atoms with van der Waals surface area (Å²) in [5, 5.41) is 3.76. The van der Waals surface area contributed by atoms with Gasteiger partial charge in [0.2, 0.25) is 4.96 Å². The molecule has 2 aromatic heterocycles. The molecule has 4 rings (SSSR count). The summed E-state index contributed by atoms with van der Waals surface area (Å²) in [7, 11) is -4.40. The molecule has 2 heterocycles. The van der Waals surface area contributed by atoms with Gasteiger partial charge in [0.25, 0.3) is 4.34 Å². The summed E-state index contributed by atoms with van der Waals surface area (Å²) in [5.41, 5.74) is 1.52. The number of benzene rings is 2. The topological polar surface area (TPSA) is 84.6 Å². The van der Waals surface area contributed by atoms with Gasteiger partial charge in [-0.2, -0.15) is 21.6 Å². The van der Waals surface area contributed by atoms with Crippen LogP contribution >= 0.6 is 11.3 Å². The van der Waals surface area contributed by atoms with Crippen molar-refractivity contribution in [2.24, 2.45) is 0 Å². The standard InChI is InChI=1S/C17H10F3N3O3S2/c18-17(19,20)13-3-1-2-12(8-13)10-4-6-11(7-5-10)14-9-23-15(21-14)27-16(22-23)28(24,25)26/h1-9H,(H,24,25,26). The van der Waals surface area contributed by atoms with Gasteiger partial charge in [-0.1, -0.05) is 47.7 Å². The fourth-order valence-corrected chi connectivity index (χ4v) is 4.09. The lowest BCUT2D eigenvalue weighted by Gasteiger charge is -2.09. The maximum Gasteiger partial charge on any atom is 0.416 e. The number of fused-ring (bicyclic) bond motifs is 1. The van der Waals surface area contributed by atoms with Crippen molar-refractivity contribution in [2.45, 2.75) is 10.5 Å². The van der Waals surface area contributed by atoms with Gasteiger partial charge in [-0.05, 0) is 23.3 Å². The molecule has 0 atom stereocenters. The number of imidazole rings is 1. The number of rotatable bonds is 3. The maximum atomic E-state index is 12.9. The van der Waals surface area contributed by atoms with E-state index in [1.165, 1.54) is 16.8 Å². The van der Waals surface area contributed by atoms with Gasteiger partial charge in [-0.25, -0.2) is 9.50 Å². The van der Waals surface area contributed by atoms with Gasteiger partial charge in [-0.3, -0.25) is 4.55 Å². The zero-order valence-corrected chi connectivity index (χ0v) is 15.4. The minimum Gasteiger partial charge on any atom is -0.280 e. The first-order valence-corrected chi connectivity index (χ1v) is 9.99. The summed E-state index contributed by atoms with van der Waals surface area (Å²) in [4.78, 5) is 4.54. The van der Waals surface area contributed by atoms with Crippen LogP contribution in [0, 0.1) is 0 Å². The van der Waals surface area contributed by atoms with Crippen LogP contribution in [0.15, 0.2) is 59.1 Å². The Kier molecular flexibility index (Phi) is 4.25. The molecule has 0 unspecified atom stereocenters. The minimum absolute atomic E-state index is 0.282. The fourth-order valence-electron chi connectivity index (χ4n) is 2.63. The third kappa shape index (κ3) is 3.51. The molecule has 1 N–H and O–H groups in total. The molecule has 0 spiro atoms. The van der Waals surface area contributed by atoms with E-state index in [9.17, 15) is 21.6 Å². The lowest BCUT2D eigenvalue weighted by molar-refractivity contribution is -0.137. The SMILES string of the molecule is O=S(=O)(O)c1nn2cc(-c3ccc(-c4cccc(C(F)(F)F)c4)cc3)nc2s1. The molecule has 4 aromatic rings. The molecule has 0 radical (unpaired) electrons. The molecule has 0 saturated heterocycles. The summed E-state index contributed by atoms with van der Waals surface area (Å²) in [5.74, 6) is 0. The number of hydrogen-bond acceptors (Lipinski definition) is 5. The largest absolute Gasteiger partial charge is 0.416 e. The summed E-state index contributed by atoms with van der Waals surface area (Å²) < 4.78 is 70.6. The summed E-state index contributed by atoms with van der Waals surface area (Å²) >= 11 is 0.720. The second-order valence-electron chi connectivity index (χ2n) is 5.85. The van der Waals surface area contributed by atoms with E-state index >= 15 is 0 Å². The van der Waals surface area contributed by atoms with Gasteiger partial charge in [-0.15, -0.1) is 5.10 Å². The summed E-state index contributed by atoms with van der Waals surface area (Å²) in [6.45, 7) is 0. The van der Waals surface area contributed by atoms with E-state index in [0.29, 0.717) is 22.4 Å². The molecule has 0 bridgehead atoms. The Morgan fingerprint density at radius 1 is 1.00 bits per heavy atom. The highest BCUT2D eigenvalue weighted by Crippen LogP contribution is 2.33. The molecule has 0 saturated carbocycles. The van der Waals surface area contributed by atoms with Gasteiger partial charge >= 0.3 is 16.3 Å². The highest BCUT2D eigenvalue weighted by molar-refractivity contribution is 7.88. The van der Waals surface area contributed by atoms with Crippen LogP contribution in [0.3, 0.4) is 0 Å². The molecule has 0 amide bonds. The molecule has 0 fully saturated rings. The monoisotopic (exact) mass is 425 g/mol. The molecule has 2 aromatic carbocycles. The predicted molar refractivity (Wildman–Crippen MR) is 96.6 cm³/mol. The fraction of sp³-hybridized carbons (Fsp3) is 0.0588. The van der Waals surface area contributed by atoms with E-state index in [1.54, 1.807) is 30.3 Å². The Morgan fingerprint density at radius 3 is 2.29 bits per heavy atom. The average molecular weight is 425 g/mol. The number of halogens is 3. The molecular formula is C17H10F3N3O3S2. The molecule has 144 valence electrons. The van der Waals surface area contributed by atoms with E-state index in [4.69, 9.17) is 4.55 Å². The van der Waals surface area contributed by atoms with E-state index in [0.717, 1.165) is 23.5 Å². The zero-order valence-electron chi connectivity index (χ0n) is 13.8. The third-order valence-electron chi connectivity index (χ3n) is 3.95. The van der Waals surface area contributed by atoms with Crippen LogP contribution in [0.2, 0.25) is 0 Å². The first kappa shape index (κ1) is 18.6. The maximum absolute atomic E-state index is 12.9. The van der Waals surface area contributed by atoms with Crippen molar-refractivity contribution >= 4 is 26.4 Å². The van der Waals surface area contributed by atoms with E-state index in [1.807, 2.05) is 0 Å². The van der Waals surface area contributed by atoms with Gasteiger partial charge in [0, 0.05) is 5.56 Å². The second kappa shape index (κ2) is 6.40. The van der Waals surface area contributed by atoms with Crippen molar-refractivity contribution in [3.8, 4) is 22.4 Å². The van der Waals surface area contributed by atoms with Crippen LogP contribution in [0.25, 0.3) is 27.3 Å². The molecule has 0 aliphatic heterocycles. The van der Waals surface area contributed by atoms with Crippen molar-refractivity contribution in [1.82, 2.24) is 14.6 Å². The first-order valence-electron chi connectivity index (χ1n) is 7.73. The van der Waals surface area contributed by atoms with Crippen molar-refractivity contribution in [1.29, 1.82) is 0 Å². The van der Waals surface area contributed by atoms with Crippen molar-refractivity contribution in [3.63, 3.8) is 0 Å². The molecule has 28 heavy (non-hydrogen) atoms. The lowest BCUT2D eigenvalue weighted by Crippen LogP contribution is -2.04. The molecule has 6 nitrogen and oxygen atoms in total. The van der Waals surface area contributed by atoms with E-state index < -0.39 is 26.2 Å². The van der Waals surface area contributed by atoms with E-state index in [2.05, 4.69) is 10.1 Å². The Balaban J connectivity index is 1.65. The van der Waals surface area contributed by atoms with Gasteiger partial charge in [0.05, 0.1) is 17.5 Å². The van der Waals surface area contributed by atoms with Gasteiger partial charge in [0.15, 0.2) is 0 Å². The molecule has 0 aliphatic carbocycles. The Labute approximate surface area is 160 Å². The third-order valence-corrected chi connectivity index (χ3v) is 6.07. The van der Waals surface area contributed by atoms with Gasteiger partial charge < -0.3 is 0 Å². The Hall–Kier alpha value is -2.76. The van der Waals surface area contributed by atoms with Gasteiger partial charge in [0.1, 0.15) is 0 Å². The van der Waals surface area contributed by atoms with Crippen LogP contribution in [-0.2, 0) is 16.3 Å². The van der Waals surface area contributed by atoms with Crippen LogP contribution in [-0.4, -0.2) is 27.6 Å². The summed E-state index contributed by atoms with van der Waals surface area (Å²) in [6.07, 6.45) is -2.91. The van der Waals surface area contributed by atoms with Crippen molar-refractivity contribution < 1.29 is 26.1 Å². The molecule has 11 heteroatoms. The average Bonchev–Trinajstić information content (AvgIpc) is 3.20. The van der Waals surface area contributed by atoms with Crippen LogP contribution in [0.5, 0.6) is 0 Å². The molecule has 0 aliphatic rings. The van der Waals surface area contributed by atoms with Crippen LogP contribution < -0.4 is 0 Å². The summed E-state index contributed by atoms with van der Waals surface area (Å²) in [6, 6.07) is 11.8. The Bertz CT molecular complexity index is 1240. The number of nitrogens with zero attached hydrogens (tertiary/aromatic N) is 3. The quantitative estimate of drug-likeness (QED) is 0.492. The van der Waals surface area contributed by atoms with Crippen molar-refractivity contribution in [3.05, 3.63) is 60.3 Å². The number of hydrogen-bond donors (Lipinski definition) is 1.